The lowest BCUT2D eigenvalue weighted by molar-refractivity contribution is 0.396. The molecule has 1 saturated heterocycles. The van der Waals surface area contributed by atoms with E-state index >= 15 is 0 Å². The molecule has 5 heteroatoms. The van der Waals surface area contributed by atoms with E-state index in [2.05, 4.69) is 34.3 Å². The van der Waals surface area contributed by atoms with Crippen molar-refractivity contribution < 1.29 is 0 Å². The molecule has 0 spiro atoms. The van der Waals surface area contributed by atoms with Gasteiger partial charge in [-0.3, -0.25) is 0 Å². The molecular weight excluding hydrogens is 262 g/mol. The van der Waals surface area contributed by atoms with Crippen LogP contribution in [-0.4, -0.2) is 40.4 Å². The molecule has 2 aliphatic rings. The molecule has 0 amide bonds. The van der Waals surface area contributed by atoms with E-state index in [1.165, 1.54) is 32.1 Å². The summed E-state index contributed by atoms with van der Waals surface area (Å²) in [6.07, 6.45) is 8.31. The highest BCUT2D eigenvalue weighted by molar-refractivity contribution is 5.35. The number of rotatable bonds is 6. The first-order valence-electron chi connectivity index (χ1n) is 8.54. The molecule has 3 rings (SSSR count). The van der Waals surface area contributed by atoms with Crippen molar-refractivity contribution in [2.75, 3.05) is 18.0 Å². The maximum atomic E-state index is 4.81. The van der Waals surface area contributed by atoms with E-state index in [1.807, 2.05) is 0 Å². The van der Waals surface area contributed by atoms with Gasteiger partial charge < -0.3 is 10.2 Å². The van der Waals surface area contributed by atoms with Crippen LogP contribution < -0.4 is 10.2 Å². The first-order valence-corrected chi connectivity index (χ1v) is 8.54. The van der Waals surface area contributed by atoms with Crippen molar-refractivity contribution in [2.45, 2.75) is 70.9 Å². The van der Waals surface area contributed by atoms with Crippen LogP contribution >= 0.6 is 0 Å². The third-order valence-electron chi connectivity index (χ3n) is 4.57. The van der Waals surface area contributed by atoms with Gasteiger partial charge in [0.05, 0.1) is 11.4 Å². The van der Waals surface area contributed by atoms with Crippen molar-refractivity contribution in [3.8, 4) is 0 Å². The Morgan fingerprint density at radius 2 is 1.86 bits per heavy atom. The number of hydrogen-bond acceptors (Lipinski definition) is 5. The van der Waals surface area contributed by atoms with Crippen LogP contribution in [-0.2, 0) is 12.8 Å². The van der Waals surface area contributed by atoms with Crippen LogP contribution in [0.15, 0.2) is 0 Å². The summed E-state index contributed by atoms with van der Waals surface area (Å²) in [4.78, 5) is 7.21. The second-order valence-corrected chi connectivity index (χ2v) is 6.24. The van der Waals surface area contributed by atoms with Crippen molar-refractivity contribution in [3.63, 3.8) is 0 Å². The van der Waals surface area contributed by atoms with Crippen LogP contribution in [0.5, 0.6) is 0 Å². The smallest absolute Gasteiger partial charge is 0.245 e. The van der Waals surface area contributed by atoms with Crippen LogP contribution in [0.4, 0.5) is 5.95 Å². The molecule has 1 aliphatic heterocycles. The molecule has 5 nitrogen and oxygen atoms in total. The van der Waals surface area contributed by atoms with Crippen molar-refractivity contribution >= 4 is 5.95 Å². The fourth-order valence-electron chi connectivity index (χ4n) is 3.15. The van der Waals surface area contributed by atoms with Gasteiger partial charge >= 0.3 is 0 Å². The van der Waals surface area contributed by atoms with Gasteiger partial charge in [-0.15, -0.1) is 5.10 Å². The van der Waals surface area contributed by atoms with Gasteiger partial charge in [0, 0.05) is 18.6 Å². The fourth-order valence-corrected chi connectivity index (χ4v) is 3.15. The third kappa shape index (κ3) is 3.51. The van der Waals surface area contributed by atoms with E-state index in [0.717, 1.165) is 43.3 Å². The molecule has 21 heavy (non-hydrogen) atoms. The van der Waals surface area contributed by atoms with Gasteiger partial charge in [0.1, 0.15) is 0 Å². The number of aromatic nitrogens is 3. The number of nitrogens with zero attached hydrogens (tertiary/aromatic N) is 4. The zero-order valence-corrected chi connectivity index (χ0v) is 13.3. The second-order valence-electron chi connectivity index (χ2n) is 6.24. The van der Waals surface area contributed by atoms with E-state index in [1.54, 1.807) is 0 Å². The molecule has 2 heterocycles. The number of anilines is 1. The Hall–Kier alpha value is -1.23. The number of nitrogens with one attached hydrogen (secondary N) is 1. The molecule has 1 saturated carbocycles. The van der Waals surface area contributed by atoms with Crippen LogP contribution in [0.1, 0.15) is 57.3 Å². The second kappa shape index (κ2) is 6.69. The number of hydrogen-bond donors (Lipinski definition) is 1. The van der Waals surface area contributed by atoms with Crippen LogP contribution in [0.3, 0.4) is 0 Å². The minimum atomic E-state index is 0.582. The maximum Gasteiger partial charge on any atom is 0.245 e. The lowest BCUT2D eigenvalue weighted by atomic mass is 10.0. The summed E-state index contributed by atoms with van der Waals surface area (Å²) in [7, 11) is 0. The molecule has 1 aromatic rings. The predicted octanol–water partition coefficient (Wildman–Crippen LogP) is 2.11. The monoisotopic (exact) mass is 289 g/mol. The molecule has 0 radical (unpaired) electrons. The Kier molecular flexibility index (Phi) is 4.68. The summed E-state index contributed by atoms with van der Waals surface area (Å²) in [6.45, 7) is 6.45. The molecule has 0 aromatic carbocycles. The number of aryl methyl sites for hydroxylation is 2. The highest BCUT2D eigenvalue weighted by atomic mass is 15.4. The van der Waals surface area contributed by atoms with Gasteiger partial charge in [0.25, 0.3) is 0 Å². The molecule has 2 fully saturated rings. The Bertz CT molecular complexity index is 466. The molecule has 0 bridgehead atoms. The van der Waals surface area contributed by atoms with Gasteiger partial charge in [0.2, 0.25) is 5.95 Å². The van der Waals surface area contributed by atoms with Gasteiger partial charge in [-0.2, -0.15) is 5.10 Å². The molecule has 116 valence electrons. The van der Waals surface area contributed by atoms with E-state index in [9.17, 15) is 0 Å². The number of piperidine rings is 1. The SMILES string of the molecule is CCc1nnc(N(CC2CCCCN2)C2CC2)nc1CC. The lowest BCUT2D eigenvalue weighted by Crippen LogP contribution is -2.45. The zero-order valence-electron chi connectivity index (χ0n) is 13.3. The summed E-state index contributed by atoms with van der Waals surface area (Å²) in [5.74, 6) is 0.846. The fraction of sp³-hybridized carbons (Fsp3) is 0.812. The third-order valence-corrected chi connectivity index (χ3v) is 4.57. The van der Waals surface area contributed by atoms with Crippen LogP contribution in [0.2, 0.25) is 0 Å². The average molecular weight is 289 g/mol. The molecular formula is C16H27N5. The van der Waals surface area contributed by atoms with Crippen molar-refractivity contribution in [1.82, 2.24) is 20.5 Å². The molecule has 1 N–H and O–H groups in total. The topological polar surface area (TPSA) is 53.9 Å². The van der Waals surface area contributed by atoms with E-state index in [4.69, 9.17) is 4.98 Å². The maximum absolute atomic E-state index is 4.81. The molecule has 1 aromatic heterocycles. The highest BCUT2D eigenvalue weighted by Gasteiger charge is 2.33. The minimum Gasteiger partial charge on any atom is -0.335 e. The Balaban J connectivity index is 1.76. The first kappa shape index (κ1) is 14.7. The van der Waals surface area contributed by atoms with Crippen LogP contribution in [0.25, 0.3) is 0 Å². The predicted molar refractivity (Wildman–Crippen MR) is 84.6 cm³/mol. The Morgan fingerprint density at radius 3 is 2.48 bits per heavy atom. The Labute approximate surface area is 127 Å². The van der Waals surface area contributed by atoms with E-state index in [0.29, 0.717) is 12.1 Å². The summed E-state index contributed by atoms with van der Waals surface area (Å²) in [5.41, 5.74) is 2.16. The standard InChI is InChI=1S/C16H27N5/c1-3-14-15(4-2)19-20-16(18-14)21(13-8-9-13)11-12-7-5-6-10-17-12/h12-13,17H,3-11H2,1-2H3. The van der Waals surface area contributed by atoms with Gasteiger partial charge in [-0.05, 0) is 45.1 Å². The first-order chi connectivity index (χ1) is 10.3. The Morgan fingerprint density at radius 1 is 1.05 bits per heavy atom. The summed E-state index contributed by atoms with van der Waals surface area (Å²) < 4.78 is 0. The summed E-state index contributed by atoms with van der Waals surface area (Å²) >= 11 is 0. The molecule has 1 atom stereocenters. The lowest BCUT2D eigenvalue weighted by Gasteiger charge is -2.30. The highest BCUT2D eigenvalue weighted by Crippen LogP contribution is 2.30. The normalized spacial score (nSPS) is 22.3. The van der Waals surface area contributed by atoms with Crippen molar-refractivity contribution in [3.05, 3.63) is 11.4 Å². The minimum absolute atomic E-state index is 0.582. The van der Waals surface area contributed by atoms with Crippen molar-refractivity contribution in [1.29, 1.82) is 0 Å². The van der Waals surface area contributed by atoms with Crippen molar-refractivity contribution in [2.24, 2.45) is 0 Å². The van der Waals surface area contributed by atoms with E-state index in [-0.39, 0.29) is 0 Å². The van der Waals surface area contributed by atoms with Gasteiger partial charge in [-0.25, -0.2) is 4.98 Å². The summed E-state index contributed by atoms with van der Waals surface area (Å²) in [5, 5.41) is 12.5. The largest absolute Gasteiger partial charge is 0.335 e. The zero-order chi connectivity index (χ0) is 14.7. The average Bonchev–Trinajstić information content (AvgIpc) is 3.37. The quantitative estimate of drug-likeness (QED) is 0.869. The van der Waals surface area contributed by atoms with E-state index < -0.39 is 0 Å². The van der Waals surface area contributed by atoms with Gasteiger partial charge in [-0.1, -0.05) is 20.3 Å². The van der Waals surface area contributed by atoms with Gasteiger partial charge in [0.15, 0.2) is 0 Å². The summed E-state index contributed by atoms with van der Waals surface area (Å²) in [6, 6.07) is 1.21. The van der Waals surface area contributed by atoms with Crippen LogP contribution in [0, 0.1) is 0 Å². The molecule has 1 unspecified atom stereocenters. The molecule has 1 aliphatic carbocycles.